The topological polar surface area (TPSA) is 78.4 Å². The van der Waals surface area contributed by atoms with Gasteiger partial charge in [-0.1, -0.05) is 36.4 Å². The third kappa shape index (κ3) is 3.79. The molecule has 0 unspecified atom stereocenters. The van der Waals surface area contributed by atoms with E-state index in [4.69, 9.17) is 0 Å². The molecule has 0 heterocycles. The van der Waals surface area contributed by atoms with Crippen LogP contribution in [0.4, 0.5) is 4.39 Å². The summed E-state index contributed by atoms with van der Waals surface area (Å²) >= 11 is 0. The third-order valence-corrected chi connectivity index (χ3v) is 5.36. The Morgan fingerprint density at radius 3 is 2.63 bits per heavy atom. The van der Waals surface area contributed by atoms with E-state index in [9.17, 15) is 19.1 Å². The van der Waals surface area contributed by atoms with Crippen molar-refractivity contribution >= 4 is 11.8 Å². The minimum absolute atomic E-state index is 0.0283. The van der Waals surface area contributed by atoms with Crippen molar-refractivity contribution in [1.82, 2.24) is 10.6 Å². The molecule has 2 saturated carbocycles. The number of carbonyl (C=O) groups is 2. The van der Waals surface area contributed by atoms with Crippen molar-refractivity contribution in [1.29, 1.82) is 0 Å². The first kappa shape index (κ1) is 17.5. The van der Waals surface area contributed by atoms with E-state index < -0.39 is 17.5 Å². The lowest BCUT2D eigenvalue weighted by Gasteiger charge is -2.08. The predicted octanol–water partition coefficient (Wildman–Crippen LogP) is 2.57. The molecule has 2 aliphatic carbocycles. The Morgan fingerprint density at radius 1 is 1.07 bits per heavy atom. The standard InChI is InChI=1S/C21H21FN2O3/c22-19-14(7-4-8-18(19)25)21(27)24-17-9-13(17)11-23-20(26)16-10-15(16)12-5-2-1-3-6-12/h1-8,13,15-17,25H,9-11H2,(H,23,26)(H,24,27)/t13-,15+,16-,17-/m1/s1. The molecule has 0 aliphatic heterocycles. The summed E-state index contributed by atoms with van der Waals surface area (Å²) in [6, 6.07) is 13.9. The van der Waals surface area contributed by atoms with Crippen LogP contribution in [0.2, 0.25) is 0 Å². The van der Waals surface area contributed by atoms with Crippen LogP contribution in [0, 0.1) is 17.7 Å². The Kier molecular flexibility index (Phi) is 4.56. The molecule has 4 atom stereocenters. The number of phenolic OH excluding ortho intramolecular Hbond substituents is 1. The number of aromatic hydroxyl groups is 1. The Hall–Kier alpha value is -2.89. The molecule has 5 nitrogen and oxygen atoms in total. The molecule has 27 heavy (non-hydrogen) atoms. The molecule has 2 fully saturated rings. The maximum Gasteiger partial charge on any atom is 0.254 e. The van der Waals surface area contributed by atoms with Crippen molar-refractivity contribution in [2.24, 2.45) is 11.8 Å². The summed E-state index contributed by atoms with van der Waals surface area (Å²) in [5.41, 5.74) is 1.02. The summed E-state index contributed by atoms with van der Waals surface area (Å²) in [5.74, 6) is -1.46. The molecule has 2 amide bonds. The first-order valence-corrected chi connectivity index (χ1v) is 9.15. The summed E-state index contributed by atoms with van der Waals surface area (Å²) < 4.78 is 13.8. The largest absolute Gasteiger partial charge is 0.505 e. The average molecular weight is 368 g/mol. The summed E-state index contributed by atoms with van der Waals surface area (Å²) in [6.45, 7) is 0.504. The lowest BCUT2D eigenvalue weighted by Crippen LogP contribution is -2.32. The number of hydrogen-bond donors (Lipinski definition) is 3. The van der Waals surface area contributed by atoms with Crippen molar-refractivity contribution < 1.29 is 19.1 Å². The number of hydrogen-bond acceptors (Lipinski definition) is 3. The van der Waals surface area contributed by atoms with Gasteiger partial charge in [0.1, 0.15) is 0 Å². The highest BCUT2D eigenvalue weighted by Crippen LogP contribution is 2.47. The van der Waals surface area contributed by atoms with Gasteiger partial charge in [-0.2, -0.15) is 0 Å². The lowest BCUT2D eigenvalue weighted by molar-refractivity contribution is -0.122. The van der Waals surface area contributed by atoms with E-state index in [1.54, 1.807) is 0 Å². The molecule has 140 valence electrons. The second-order valence-electron chi connectivity index (χ2n) is 7.32. The number of phenols is 1. The SMILES string of the molecule is O=C(N[C@@H]1C[C@@H]1CNC(=O)[C@@H]1C[C@H]1c1ccccc1)c1cccc(O)c1F. The van der Waals surface area contributed by atoms with E-state index in [2.05, 4.69) is 10.6 Å². The molecule has 0 bridgehead atoms. The quantitative estimate of drug-likeness (QED) is 0.733. The molecule has 6 heteroatoms. The summed E-state index contributed by atoms with van der Waals surface area (Å²) in [7, 11) is 0. The van der Waals surface area contributed by atoms with E-state index in [1.165, 1.54) is 23.8 Å². The fraction of sp³-hybridized carbons (Fsp3) is 0.333. The van der Waals surface area contributed by atoms with Gasteiger partial charge in [0.25, 0.3) is 5.91 Å². The van der Waals surface area contributed by atoms with Gasteiger partial charge in [-0.25, -0.2) is 4.39 Å². The second kappa shape index (κ2) is 7.02. The van der Waals surface area contributed by atoms with Crippen molar-refractivity contribution in [3.63, 3.8) is 0 Å². The number of rotatable bonds is 6. The van der Waals surface area contributed by atoms with Crippen LogP contribution in [0.15, 0.2) is 48.5 Å². The highest BCUT2D eigenvalue weighted by molar-refractivity contribution is 5.95. The van der Waals surface area contributed by atoms with Crippen molar-refractivity contribution in [3.8, 4) is 5.75 Å². The summed E-state index contributed by atoms with van der Waals surface area (Å²) in [6.07, 6.45) is 1.62. The molecule has 2 aromatic carbocycles. The van der Waals surface area contributed by atoms with E-state index >= 15 is 0 Å². The van der Waals surface area contributed by atoms with Gasteiger partial charge in [-0.05, 0) is 42.4 Å². The first-order chi connectivity index (χ1) is 13.0. The van der Waals surface area contributed by atoms with Gasteiger partial charge < -0.3 is 15.7 Å². The van der Waals surface area contributed by atoms with Gasteiger partial charge in [-0.15, -0.1) is 0 Å². The third-order valence-electron chi connectivity index (χ3n) is 5.36. The van der Waals surface area contributed by atoms with E-state index in [0.29, 0.717) is 12.5 Å². The molecule has 2 aliphatic rings. The number of benzene rings is 2. The van der Waals surface area contributed by atoms with Crippen LogP contribution in [-0.2, 0) is 4.79 Å². The maximum atomic E-state index is 13.8. The molecule has 2 aromatic rings. The Labute approximate surface area is 156 Å². The van der Waals surface area contributed by atoms with Gasteiger partial charge >= 0.3 is 0 Å². The minimum Gasteiger partial charge on any atom is -0.505 e. The van der Waals surface area contributed by atoms with Crippen molar-refractivity contribution in [2.45, 2.75) is 24.8 Å². The van der Waals surface area contributed by atoms with Crippen LogP contribution in [0.25, 0.3) is 0 Å². The van der Waals surface area contributed by atoms with Gasteiger partial charge in [-0.3, -0.25) is 9.59 Å². The first-order valence-electron chi connectivity index (χ1n) is 9.15. The monoisotopic (exact) mass is 368 g/mol. The van der Waals surface area contributed by atoms with Crippen LogP contribution in [0.1, 0.15) is 34.7 Å². The highest BCUT2D eigenvalue weighted by atomic mass is 19.1. The zero-order chi connectivity index (χ0) is 19.0. The number of carbonyl (C=O) groups excluding carboxylic acids is 2. The fourth-order valence-electron chi connectivity index (χ4n) is 3.51. The highest BCUT2D eigenvalue weighted by Gasteiger charge is 2.45. The molecular weight excluding hydrogens is 347 g/mol. The molecule has 0 spiro atoms. The van der Waals surface area contributed by atoms with Gasteiger partial charge in [0.15, 0.2) is 11.6 Å². The predicted molar refractivity (Wildman–Crippen MR) is 97.7 cm³/mol. The van der Waals surface area contributed by atoms with E-state index in [0.717, 1.165) is 12.8 Å². The molecular formula is C21H21FN2O3. The zero-order valence-electron chi connectivity index (χ0n) is 14.7. The molecule has 0 radical (unpaired) electrons. The van der Waals surface area contributed by atoms with Crippen molar-refractivity contribution in [2.75, 3.05) is 6.54 Å². The smallest absolute Gasteiger partial charge is 0.254 e. The van der Waals surface area contributed by atoms with Crippen LogP contribution in [0.3, 0.4) is 0 Å². The maximum absolute atomic E-state index is 13.8. The fourth-order valence-corrected chi connectivity index (χ4v) is 3.51. The van der Waals surface area contributed by atoms with Gasteiger partial charge in [0.05, 0.1) is 5.56 Å². The number of nitrogens with one attached hydrogen (secondary N) is 2. The van der Waals surface area contributed by atoms with Crippen LogP contribution in [-0.4, -0.2) is 29.5 Å². The molecule has 3 N–H and O–H groups in total. The van der Waals surface area contributed by atoms with Crippen LogP contribution in [0.5, 0.6) is 5.75 Å². The molecule has 0 saturated heterocycles. The Bertz CT molecular complexity index is 871. The average Bonchev–Trinajstić information content (AvgIpc) is 3.58. The number of halogens is 1. The van der Waals surface area contributed by atoms with E-state index in [1.807, 2.05) is 30.3 Å². The normalized spacial score (nSPS) is 25.5. The Morgan fingerprint density at radius 2 is 1.85 bits per heavy atom. The van der Waals surface area contributed by atoms with Gasteiger partial charge in [0, 0.05) is 18.5 Å². The van der Waals surface area contributed by atoms with E-state index in [-0.39, 0.29) is 29.3 Å². The Balaban J connectivity index is 1.22. The lowest BCUT2D eigenvalue weighted by atomic mass is 10.1. The summed E-state index contributed by atoms with van der Waals surface area (Å²) in [4.78, 5) is 24.4. The molecule has 4 rings (SSSR count). The summed E-state index contributed by atoms with van der Waals surface area (Å²) in [5, 5.41) is 15.1. The number of amides is 2. The van der Waals surface area contributed by atoms with Crippen molar-refractivity contribution in [3.05, 3.63) is 65.5 Å². The molecule has 0 aromatic heterocycles. The second-order valence-corrected chi connectivity index (χ2v) is 7.32. The van der Waals surface area contributed by atoms with Crippen LogP contribution < -0.4 is 10.6 Å². The van der Waals surface area contributed by atoms with Gasteiger partial charge in [0.2, 0.25) is 5.91 Å². The minimum atomic E-state index is -0.916. The van der Waals surface area contributed by atoms with Crippen LogP contribution >= 0.6 is 0 Å². The zero-order valence-corrected chi connectivity index (χ0v) is 14.7.